The Morgan fingerprint density at radius 2 is 2.22 bits per heavy atom. The lowest BCUT2D eigenvalue weighted by molar-refractivity contribution is 0.996. The van der Waals surface area contributed by atoms with Crippen molar-refractivity contribution in [2.24, 2.45) is 0 Å². The molecule has 5 heteroatoms. The molecule has 2 aromatic rings. The third kappa shape index (κ3) is 3.43. The van der Waals surface area contributed by atoms with Gasteiger partial charge in [0.2, 0.25) is 5.95 Å². The lowest BCUT2D eigenvalue weighted by atomic mass is 10.1. The lowest BCUT2D eigenvalue weighted by Gasteiger charge is -2.08. The molecule has 3 N–H and O–H groups in total. The Balaban J connectivity index is 1.94. The van der Waals surface area contributed by atoms with E-state index < -0.39 is 0 Å². The highest BCUT2D eigenvalue weighted by Gasteiger charge is 2.02. The Labute approximate surface area is 115 Å². The van der Waals surface area contributed by atoms with Gasteiger partial charge in [0.05, 0.1) is 4.47 Å². The van der Waals surface area contributed by atoms with Gasteiger partial charge in [-0.05, 0) is 34.8 Å². The highest BCUT2D eigenvalue weighted by molar-refractivity contribution is 9.10. The molecule has 0 saturated carbocycles. The monoisotopic (exact) mass is 306 g/mol. The summed E-state index contributed by atoms with van der Waals surface area (Å²) >= 11 is 3.39. The van der Waals surface area contributed by atoms with Crippen LogP contribution in [0.1, 0.15) is 11.1 Å². The van der Waals surface area contributed by atoms with Crippen molar-refractivity contribution in [1.82, 2.24) is 9.97 Å². The fourth-order valence-corrected chi connectivity index (χ4v) is 2.03. The number of hydrogen-bond acceptors (Lipinski definition) is 4. The Morgan fingerprint density at radius 1 is 1.39 bits per heavy atom. The average molecular weight is 307 g/mol. The lowest BCUT2D eigenvalue weighted by Crippen LogP contribution is -2.08. The number of nitrogen functional groups attached to an aromatic ring is 1. The highest BCUT2D eigenvalue weighted by Crippen LogP contribution is 2.19. The Morgan fingerprint density at radius 3 is 3.00 bits per heavy atom. The fourth-order valence-electron chi connectivity index (χ4n) is 1.70. The van der Waals surface area contributed by atoms with E-state index in [1.807, 2.05) is 0 Å². The molecule has 0 aliphatic rings. The smallest absolute Gasteiger partial charge is 0.221 e. The number of nitrogens with zero attached hydrogens (tertiary/aromatic N) is 2. The van der Waals surface area contributed by atoms with Gasteiger partial charge in [0.1, 0.15) is 5.82 Å². The highest BCUT2D eigenvalue weighted by atomic mass is 79.9. The summed E-state index contributed by atoms with van der Waals surface area (Å²) in [5.41, 5.74) is 8.13. The first-order valence-electron chi connectivity index (χ1n) is 5.72. The van der Waals surface area contributed by atoms with Crippen molar-refractivity contribution >= 4 is 27.7 Å². The van der Waals surface area contributed by atoms with E-state index in [-0.39, 0.29) is 5.95 Å². The molecule has 0 spiro atoms. The molecule has 94 valence electrons. The summed E-state index contributed by atoms with van der Waals surface area (Å²) in [6, 6.07) is 8.48. The fraction of sp³-hybridized carbons (Fsp3) is 0.231. The van der Waals surface area contributed by atoms with Crippen LogP contribution in [0.4, 0.5) is 11.8 Å². The minimum absolute atomic E-state index is 0.274. The van der Waals surface area contributed by atoms with Crippen molar-refractivity contribution in [2.45, 2.75) is 13.3 Å². The molecule has 0 amide bonds. The van der Waals surface area contributed by atoms with Gasteiger partial charge in [0.15, 0.2) is 0 Å². The quantitative estimate of drug-likeness (QED) is 0.911. The molecule has 0 aliphatic heterocycles. The van der Waals surface area contributed by atoms with Gasteiger partial charge in [-0.3, -0.25) is 0 Å². The van der Waals surface area contributed by atoms with Crippen LogP contribution >= 0.6 is 15.9 Å². The minimum Gasteiger partial charge on any atom is -0.369 e. The molecule has 2 rings (SSSR count). The second-order valence-corrected chi connectivity index (χ2v) is 4.94. The second kappa shape index (κ2) is 5.82. The standard InChI is InChI=1S/C13H15BrN4/c1-9-3-2-4-10(7-9)5-6-16-12-11(14)8-17-13(15)18-12/h2-4,7-8H,5-6H2,1H3,(H3,15,16,17,18). The summed E-state index contributed by atoms with van der Waals surface area (Å²) in [5.74, 6) is 1.01. The van der Waals surface area contributed by atoms with Gasteiger partial charge >= 0.3 is 0 Å². The molecule has 0 unspecified atom stereocenters. The van der Waals surface area contributed by atoms with Crippen LogP contribution in [0.5, 0.6) is 0 Å². The molecule has 0 bridgehead atoms. The first-order chi connectivity index (χ1) is 8.65. The van der Waals surface area contributed by atoms with Crippen LogP contribution in [0, 0.1) is 6.92 Å². The van der Waals surface area contributed by atoms with Crippen LogP contribution in [-0.4, -0.2) is 16.5 Å². The van der Waals surface area contributed by atoms with E-state index in [0.717, 1.165) is 23.3 Å². The maximum absolute atomic E-state index is 5.55. The number of halogens is 1. The van der Waals surface area contributed by atoms with Crippen molar-refractivity contribution in [1.29, 1.82) is 0 Å². The number of nitrogens with one attached hydrogen (secondary N) is 1. The summed E-state index contributed by atoms with van der Waals surface area (Å²) in [4.78, 5) is 8.03. The van der Waals surface area contributed by atoms with Crippen molar-refractivity contribution in [3.05, 3.63) is 46.1 Å². The molecule has 1 aromatic heterocycles. The number of nitrogens with two attached hydrogens (primary N) is 1. The molecule has 0 saturated heterocycles. The van der Waals surface area contributed by atoms with Crippen LogP contribution in [0.3, 0.4) is 0 Å². The second-order valence-electron chi connectivity index (χ2n) is 4.09. The SMILES string of the molecule is Cc1cccc(CCNc2nc(N)ncc2Br)c1. The third-order valence-corrected chi connectivity index (χ3v) is 3.13. The minimum atomic E-state index is 0.274. The number of hydrogen-bond donors (Lipinski definition) is 2. The van der Waals surface area contributed by atoms with E-state index in [0.29, 0.717) is 0 Å². The zero-order valence-corrected chi connectivity index (χ0v) is 11.7. The van der Waals surface area contributed by atoms with Crippen LogP contribution < -0.4 is 11.1 Å². The summed E-state index contributed by atoms with van der Waals surface area (Å²) in [5, 5.41) is 3.24. The predicted molar refractivity (Wildman–Crippen MR) is 77.5 cm³/mol. The van der Waals surface area contributed by atoms with Crippen LogP contribution in [-0.2, 0) is 6.42 Å². The number of aromatic nitrogens is 2. The number of anilines is 2. The van der Waals surface area contributed by atoms with Gasteiger partial charge in [-0.15, -0.1) is 0 Å². The number of aryl methyl sites for hydroxylation is 1. The first-order valence-corrected chi connectivity index (χ1v) is 6.52. The Kier molecular flexibility index (Phi) is 4.15. The van der Waals surface area contributed by atoms with Crippen molar-refractivity contribution in [3.8, 4) is 0 Å². The molecule has 0 fully saturated rings. The number of rotatable bonds is 4. The van der Waals surface area contributed by atoms with E-state index in [2.05, 4.69) is 62.4 Å². The molecule has 1 heterocycles. The number of benzene rings is 1. The van der Waals surface area contributed by atoms with E-state index in [1.54, 1.807) is 6.20 Å². The summed E-state index contributed by atoms with van der Waals surface area (Å²) in [6.07, 6.45) is 2.59. The molecular formula is C13H15BrN4. The summed E-state index contributed by atoms with van der Waals surface area (Å²) < 4.78 is 0.820. The first kappa shape index (κ1) is 12.8. The molecule has 0 radical (unpaired) electrons. The van der Waals surface area contributed by atoms with E-state index in [9.17, 15) is 0 Å². The molecule has 0 aliphatic carbocycles. The van der Waals surface area contributed by atoms with Gasteiger partial charge in [-0.2, -0.15) is 4.98 Å². The predicted octanol–water partition coefficient (Wildman–Crippen LogP) is 2.78. The molecule has 0 atom stereocenters. The van der Waals surface area contributed by atoms with Crippen LogP contribution in [0.2, 0.25) is 0 Å². The summed E-state index contributed by atoms with van der Waals surface area (Å²) in [6.45, 7) is 2.90. The maximum Gasteiger partial charge on any atom is 0.221 e. The van der Waals surface area contributed by atoms with Crippen molar-refractivity contribution in [3.63, 3.8) is 0 Å². The van der Waals surface area contributed by atoms with Gasteiger partial charge < -0.3 is 11.1 Å². The molecule has 4 nitrogen and oxygen atoms in total. The average Bonchev–Trinajstić information content (AvgIpc) is 2.34. The van der Waals surface area contributed by atoms with E-state index in [1.165, 1.54) is 11.1 Å². The third-order valence-electron chi connectivity index (χ3n) is 2.55. The largest absolute Gasteiger partial charge is 0.369 e. The van der Waals surface area contributed by atoms with Crippen LogP contribution in [0.25, 0.3) is 0 Å². The van der Waals surface area contributed by atoms with Gasteiger partial charge in [-0.25, -0.2) is 4.98 Å². The summed E-state index contributed by atoms with van der Waals surface area (Å²) in [7, 11) is 0. The Hall–Kier alpha value is -1.62. The zero-order chi connectivity index (χ0) is 13.0. The molecule has 18 heavy (non-hydrogen) atoms. The maximum atomic E-state index is 5.55. The molecular weight excluding hydrogens is 292 g/mol. The van der Waals surface area contributed by atoms with E-state index in [4.69, 9.17) is 5.73 Å². The van der Waals surface area contributed by atoms with Crippen molar-refractivity contribution in [2.75, 3.05) is 17.6 Å². The molecule has 1 aromatic carbocycles. The van der Waals surface area contributed by atoms with Crippen LogP contribution in [0.15, 0.2) is 34.9 Å². The normalized spacial score (nSPS) is 10.3. The van der Waals surface area contributed by atoms with Gasteiger partial charge in [-0.1, -0.05) is 29.8 Å². The van der Waals surface area contributed by atoms with E-state index >= 15 is 0 Å². The topological polar surface area (TPSA) is 63.8 Å². The Bertz CT molecular complexity index is 542. The van der Waals surface area contributed by atoms with Crippen molar-refractivity contribution < 1.29 is 0 Å². The van der Waals surface area contributed by atoms with Gasteiger partial charge in [0, 0.05) is 12.7 Å². The zero-order valence-electron chi connectivity index (χ0n) is 10.2. The van der Waals surface area contributed by atoms with Gasteiger partial charge in [0.25, 0.3) is 0 Å².